The molecule has 1 aliphatic rings. The first-order valence-corrected chi connectivity index (χ1v) is 6.69. The van der Waals surface area contributed by atoms with Crippen LogP contribution in [0.5, 0.6) is 0 Å². The van der Waals surface area contributed by atoms with Crippen LogP contribution in [-0.4, -0.2) is 23.1 Å². The molecule has 2 heterocycles. The van der Waals surface area contributed by atoms with Crippen LogP contribution < -0.4 is 4.90 Å². The van der Waals surface area contributed by atoms with E-state index in [0.717, 1.165) is 30.3 Å². The highest BCUT2D eigenvalue weighted by Gasteiger charge is 2.27. The highest BCUT2D eigenvalue weighted by molar-refractivity contribution is 6.17. The molecular weight excluding hydrogens is 234 g/mol. The third-order valence-corrected chi connectivity index (χ3v) is 3.68. The molecule has 3 nitrogen and oxygen atoms in total. The standard InChI is InChI=1S/C13H20ClN3/c1-10-11(7-14)8-15-12(16-10)17-6-4-5-13(2,3)9-17/h8H,4-7,9H2,1-3H3. The van der Waals surface area contributed by atoms with E-state index in [-0.39, 0.29) is 0 Å². The average Bonchev–Trinajstić information content (AvgIpc) is 2.27. The van der Waals surface area contributed by atoms with Crippen molar-refractivity contribution >= 4 is 17.5 Å². The lowest BCUT2D eigenvalue weighted by molar-refractivity contribution is 0.291. The lowest BCUT2D eigenvalue weighted by Gasteiger charge is -2.38. The Bertz CT molecular complexity index is 404. The van der Waals surface area contributed by atoms with Crippen molar-refractivity contribution in [3.05, 3.63) is 17.5 Å². The van der Waals surface area contributed by atoms with Gasteiger partial charge in [0.2, 0.25) is 5.95 Å². The van der Waals surface area contributed by atoms with E-state index in [2.05, 4.69) is 28.7 Å². The normalized spacial score (nSPS) is 19.4. The van der Waals surface area contributed by atoms with Crippen LogP contribution in [0.25, 0.3) is 0 Å². The maximum atomic E-state index is 5.82. The number of hydrogen-bond donors (Lipinski definition) is 0. The predicted molar refractivity (Wildman–Crippen MR) is 71.6 cm³/mol. The topological polar surface area (TPSA) is 29.0 Å². The van der Waals surface area contributed by atoms with E-state index in [1.807, 2.05) is 13.1 Å². The zero-order valence-electron chi connectivity index (χ0n) is 10.8. The first kappa shape index (κ1) is 12.6. The Morgan fingerprint density at radius 3 is 2.82 bits per heavy atom. The molecule has 0 N–H and O–H groups in total. The highest BCUT2D eigenvalue weighted by Crippen LogP contribution is 2.30. The van der Waals surface area contributed by atoms with Gasteiger partial charge in [0.25, 0.3) is 0 Å². The number of anilines is 1. The van der Waals surface area contributed by atoms with Crippen LogP contribution in [0.1, 0.15) is 37.9 Å². The van der Waals surface area contributed by atoms with Gasteiger partial charge in [0.15, 0.2) is 0 Å². The average molecular weight is 254 g/mol. The van der Waals surface area contributed by atoms with E-state index in [1.165, 1.54) is 12.8 Å². The molecule has 1 aliphatic heterocycles. The monoisotopic (exact) mass is 253 g/mol. The lowest BCUT2D eigenvalue weighted by Crippen LogP contribution is -2.41. The smallest absolute Gasteiger partial charge is 0.225 e. The summed E-state index contributed by atoms with van der Waals surface area (Å²) in [5, 5.41) is 0. The van der Waals surface area contributed by atoms with Gasteiger partial charge in [0, 0.05) is 30.5 Å². The van der Waals surface area contributed by atoms with E-state index in [1.54, 1.807) is 0 Å². The minimum absolute atomic E-state index is 0.362. The second-order valence-corrected chi connectivity index (χ2v) is 5.87. The summed E-state index contributed by atoms with van der Waals surface area (Å²) >= 11 is 5.82. The van der Waals surface area contributed by atoms with E-state index in [4.69, 9.17) is 11.6 Å². The van der Waals surface area contributed by atoms with Gasteiger partial charge in [-0.25, -0.2) is 9.97 Å². The van der Waals surface area contributed by atoms with Crippen molar-refractivity contribution in [3.63, 3.8) is 0 Å². The zero-order valence-corrected chi connectivity index (χ0v) is 11.6. The van der Waals surface area contributed by atoms with Gasteiger partial charge in [-0.05, 0) is 25.2 Å². The Morgan fingerprint density at radius 1 is 1.47 bits per heavy atom. The summed E-state index contributed by atoms with van der Waals surface area (Å²) < 4.78 is 0. The van der Waals surface area contributed by atoms with Crippen molar-refractivity contribution in [1.82, 2.24) is 9.97 Å². The maximum absolute atomic E-state index is 5.82. The molecule has 0 spiro atoms. The predicted octanol–water partition coefficient (Wildman–Crippen LogP) is 3.15. The van der Waals surface area contributed by atoms with Crippen molar-refractivity contribution in [2.75, 3.05) is 18.0 Å². The number of aromatic nitrogens is 2. The summed E-state index contributed by atoms with van der Waals surface area (Å²) in [5.41, 5.74) is 2.38. The molecule has 2 rings (SSSR count). The van der Waals surface area contributed by atoms with Gasteiger partial charge in [-0.1, -0.05) is 13.8 Å². The number of aryl methyl sites for hydroxylation is 1. The molecule has 0 aliphatic carbocycles. The molecule has 1 aromatic rings. The Hall–Kier alpha value is -0.830. The van der Waals surface area contributed by atoms with Crippen LogP contribution in [-0.2, 0) is 5.88 Å². The van der Waals surface area contributed by atoms with E-state index >= 15 is 0 Å². The van der Waals surface area contributed by atoms with Gasteiger partial charge in [0.05, 0.1) is 5.88 Å². The van der Waals surface area contributed by atoms with Gasteiger partial charge in [-0.3, -0.25) is 0 Å². The molecular formula is C13H20ClN3. The Kier molecular flexibility index (Phi) is 3.57. The molecule has 4 heteroatoms. The van der Waals surface area contributed by atoms with E-state index in [0.29, 0.717) is 11.3 Å². The maximum Gasteiger partial charge on any atom is 0.225 e. The first-order chi connectivity index (χ1) is 8.02. The summed E-state index contributed by atoms with van der Waals surface area (Å²) in [6.45, 7) is 8.70. The molecule has 1 aromatic heterocycles. The van der Waals surface area contributed by atoms with Gasteiger partial charge >= 0.3 is 0 Å². The van der Waals surface area contributed by atoms with Gasteiger partial charge in [-0.15, -0.1) is 11.6 Å². The fraction of sp³-hybridized carbons (Fsp3) is 0.692. The number of piperidine rings is 1. The SMILES string of the molecule is Cc1nc(N2CCCC(C)(C)C2)ncc1CCl. The molecule has 17 heavy (non-hydrogen) atoms. The van der Waals surface area contributed by atoms with Crippen molar-refractivity contribution in [2.45, 2.75) is 39.5 Å². The zero-order chi connectivity index (χ0) is 12.5. The summed E-state index contributed by atoms with van der Waals surface area (Å²) in [4.78, 5) is 11.3. The van der Waals surface area contributed by atoms with Crippen LogP contribution >= 0.6 is 11.6 Å². The fourth-order valence-electron chi connectivity index (χ4n) is 2.36. The van der Waals surface area contributed by atoms with Gasteiger partial charge < -0.3 is 4.90 Å². The Labute approximate surface area is 108 Å². The van der Waals surface area contributed by atoms with Crippen LogP contribution in [0.3, 0.4) is 0 Å². The van der Waals surface area contributed by atoms with Crippen molar-refractivity contribution in [1.29, 1.82) is 0 Å². The van der Waals surface area contributed by atoms with E-state index in [9.17, 15) is 0 Å². The molecule has 0 atom stereocenters. The second kappa shape index (κ2) is 4.81. The molecule has 0 bridgehead atoms. The Morgan fingerprint density at radius 2 is 2.24 bits per heavy atom. The third-order valence-electron chi connectivity index (χ3n) is 3.40. The van der Waals surface area contributed by atoms with Crippen LogP contribution in [0.15, 0.2) is 6.20 Å². The lowest BCUT2D eigenvalue weighted by atomic mass is 9.84. The fourth-order valence-corrected chi connectivity index (χ4v) is 2.62. The molecule has 1 fully saturated rings. The molecule has 94 valence electrons. The molecule has 0 saturated carbocycles. The molecule has 1 saturated heterocycles. The van der Waals surface area contributed by atoms with Crippen molar-refractivity contribution < 1.29 is 0 Å². The molecule has 0 aromatic carbocycles. The summed E-state index contributed by atoms with van der Waals surface area (Å²) in [7, 11) is 0. The minimum Gasteiger partial charge on any atom is -0.340 e. The number of rotatable bonds is 2. The van der Waals surface area contributed by atoms with Crippen LogP contribution in [0.2, 0.25) is 0 Å². The Balaban J connectivity index is 2.19. The first-order valence-electron chi connectivity index (χ1n) is 6.15. The van der Waals surface area contributed by atoms with Crippen molar-refractivity contribution in [2.24, 2.45) is 5.41 Å². The molecule has 0 amide bonds. The number of alkyl halides is 1. The molecule has 0 unspecified atom stereocenters. The number of nitrogens with zero attached hydrogens (tertiary/aromatic N) is 3. The van der Waals surface area contributed by atoms with E-state index < -0.39 is 0 Å². The quantitative estimate of drug-likeness (QED) is 0.759. The van der Waals surface area contributed by atoms with Crippen LogP contribution in [0.4, 0.5) is 5.95 Å². The summed E-state index contributed by atoms with van der Waals surface area (Å²) in [6.07, 6.45) is 4.35. The number of hydrogen-bond acceptors (Lipinski definition) is 3. The highest BCUT2D eigenvalue weighted by atomic mass is 35.5. The molecule has 0 radical (unpaired) electrons. The largest absolute Gasteiger partial charge is 0.340 e. The third kappa shape index (κ3) is 2.89. The number of halogens is 1. The summed E-state index contributed by atoms with van der Waals surface area (Å²) in [5.74, 6) is 1.33. The van der Waals surface area contributed by atoms with Gasteiger partial charge in [-0.2, -0.15) is 0 Å². The van der Waals surface area contributed by atoms with Crippen molar-refractivity contribution in [3.8, 4) is 0 Å². The minimum atomic E-state index is 0.362. The summed E-state index contributed by atoms with van der Waals surface area (Å²) in [6, 6.07) is 0. The van der Waals surface area contributed by atoms with Gasteiger partial charge in [0.1, 0.15) is 0 Å². The second-order valence-electron chi connectivity index (χ2n) is 5.60. The van der Waals surface area contributed by atoms with Crippen LogP contribution in [0, 0.1) is 12.3 Å².